The van der Waals surface area contributed by atoms with E-state index in [-0.39, 0.29) is 10.5 Å². The minimum Gasteiger partial charge on any atom is -0.494 e. The van der Waals surface area contributed by atoms with E-state index in [0.29, 0.717) is 28.8 Å². The predicted octanol–water partition coefficient (Wildman–Crippen LogP) is 4.45. The normalized spacial score (nSPS) is 11.0. The van der Waals surface area contributed by atoms with Crippen molar-refractivity contribution >= 4 is 35.7 Å². The summed E-state index contributed by atoms with van der Waals surface area (Å²) >= 11 is 11.3. The van der Waals surface area contributed by atoms with Gasteiger partial charge in [-0.05, 0) is 37.3 Å². The van der Waals surface area contributed by atoms with Crippen LogP contribution >= 0.6 is 23.8 Å². The average molecular weight is 404 g/mol. The predicted molar refractivity (Wildman–Crippen MR) is 105 cm³/mol. The highest BCUT2D eigenvalue weighted by Gasteiger charge is 2.11. The summed E-state index contributed by atoms with van der Waals surface area (Å²) in [5.41, 5.74) is 1.06. The van der Waals surface area contributed by atoms with Gasteiger partial charge in [-0.2, -0.15) is 14.9 Å². The van der Waals surface area contributed by atoms with Crippen molar-refractivity contribution in [3.8, 4) is 17.1 Å². The molecular formula is C17H14ClN5O3S. The molecule has 1 N–H and O–H groups in total. The molecule has 0 saturated carbocycles. The van der Waals surface area contributed by atoms with Crippen LogP contribution in [-0.4, -0.2) is 32.6 Å². The van der Waals surface area contributed by atoms with Crippen LogP contribution in [0.4, 0.5) is 5.69 Å². The monoisotopic (exact) mass is 403 g/mol. The van der Waals surface area contributed by atoms with Gasteiger partial charge in [0.15, 0.2) is 5.82 Å². The lowest BCUT2D eigenvalue weighted by Crippen LogP contribution is -1.97. The first kappa shape index (κ1) is 18.7. The Kier molecular flexibility index (Phi) is 5.63. The third-order valence-corrected chi connectivity index (χ3v) is 4.16. The number of halogens is 1. The fourth-order valence-electron chi connectivity index (χ4n) is 2.34. The Morgan fingerprint density at radius 3 is 2.96 bits per heavy atom. The number of H-pyrrole nitrogens is 1. The first-order valence-electron chi connectivity index (χ1n) is 7.88. The quantitative estimate of drug-likeness (QED) is 0.284. The van der Waals surface area contributed by atoms with E-state index in [0.717, 1.165) is 5.56 Å². The number of non-ortho nitro benzene ring substituents is 1. The standard InChI is InChI=1S/C17H14ClN5O3S/c1-2-26-14-5-3-4-11(9-14)16-20-21-17(27)22(16)19-10-12-8-13(23(24)25)6-7-15(12)18/h3-10H,2H2,1H3,(H,21,27)/b19-10-. The third-order valence-electron chi connectivity index (χ3n) is 3.56. The van der Waals surface area contributed by atoms with Crippen LogP contribution in [-0.2, 0) is 0 Å². The Morgan fingerprint density at radius 2 is 2.22 bits per heavy atom. The minimum absolute atomic E-state index is 0.0821. The highest BCUT2D eigenvalue weighted by atomic mass is 35.5. The van der Waals surface area contributed by atoms with Gasteiger partial charge < -0.3 is 4.74 Å². The molecule has 3 aromatic rings. The topological polar surface area (TPSA) is 98.3 Å². The van der Waals surface area contributed by atoms with Gasteiger partial charge >= 0.3 is 0 Å². The second kappa shape index (κ2) is 8.11. The first-order valence-corrected chi connectivity index (χ1v) is 8.67. The zero-order valence-electron chi connectivity index (χ0n) is 14.1. The van der Waals surface area contributed by atoms with Gasteiger partial charge in [-0.3, -0.25) is 10.1 Å². The molecule has 10 heteroatoms. The molecule has 3 rings (SSSR count). The Hall–Kier alpha value is -3.04. The van der Waals surface area contributed by atoms with E-state index in [4.69, 9.17) is 28.6 Å². The van der Waals surface area contributed by atoms with Crippen LogP contribution in [0.5, 0.6) is 5.75 Å². The highest BCUT2D eigenvalue weighted by molar-refractivity contribution is 7.71. The van der Waals surface area contributed by atoms with Crippen molar-refractivity contribution in [2.45, 2.75) is 6.92 Å². The molecule has 0 radical (unpaired) electrons. The zero-order chi connectivity index (χ0) is 19.4. The lowest BCUT2D eigenvalue weighted by Gasteiger charge is -2.05. The molecule has 0 atom stereocenters. The number of aromatic amines is 1. The molecule has 27 heavy (non-hydrogen) atoms. The maximum atomic E-state index is 10.9. The summed E-state index contributed by atoms with van der Waals surface area (Å²) in [6.07, 6.45) is 1.40. The van der Waals surface area contributed by atoms with Gasteiger partial charge in [0.25, 0.3) is 5.69 Å². The largest absolute Gasteiger partial charge is 0.494 e. The summed E-state index contributed by atoms with van der Waals surface area (Å²) in [6.45, 7) is 2.44. The molecule has 0 spiro atoms. The molecule has 0 aliphatic carbocycles. The second-order valence-electron chi connectivity index (χ2n) is 5.33. The zero-order valence-corrected chi connectivity index (χ0v) is 15.7. The number of hydrogen-bond donors (Lipinski definition) is 1. The van der Waals surface area contributed by atoms with Crippen LogP contribution in [0.15, 0.2) is 47.6 Å². The Morgan fingerprint density at radius 1 is 1.41 bits per heavy atom. The van der Waals surface area contributed by atoms with Crippen molar-refractivity contribution in [1.29, 1.82) is 0 Å². The molecular weight excluding hydrogens is 390 g/mol. The molecule has 0 bridgehead atoms. The van der Waals surface area contributed by atoms with Crippen molar-refractivity contribution in [3.05, 3.63) is 67.9 Å². The SMILES string of the molecule is CCOc1cccc(-c2n[nH]c(=S)n2/N=C\c2cc([N+](=O)[O-])ccc2Cl)c1. The molecule has 0 aliphatic heterocycles. The van der Waals surface area contributed by atoms with E-state index < -0.39 is 4.92 Å². The van der Waals surface area contributed by atoms with Crippen molar-refractivity contribution in [2.75, 3.05) is 6.61 Å². The summed E-state index contributed by atoms with van der Waals surface area (Å²) in [6, 6.07) is 11.5. The van der Waals surface area contributed by atoms with Crippen LogP contribution in [0.3, 0.4) is 0 Å². The molecule has 2 aromatic carbocycles. The van der Waals surface area contributed by atoms with Crippen LogP contribution in [0.25, 0.3) is 11.4 Å². The van der Waals surface area contributed by atoms with E-state index in [9.17, 15) is 10.1 Å². The molecule has 0 saturated heterocycles. The number of nitro benzene ring substituents is 1. The lowest BCUT2D eigenvalue weighted by molar-refractivity contribution is -0.384. The van der Waals surface area contributed by atoms with E-state index in [2.05, 4.69) is 15.3 Å². The average Bonchev–Trinajstić information content (AvgIpc) is 3.02. The molecule has 8 nitrogen and oxygen atoms in total. The van der Waals surface area contributed by atoms with Gasteiger partial charge in [0.05, 0.1) is 17.7 Å². The molecule has 138 valence electrons. The van der Waals surface area contributed by atoms with Gasteiger partial charge in [0.1, 0.15) is 5.75 Å². The molecule has 0 fully saturated rings. The van der Waals surface area contributed by atoms with Crippen LogP contribution < -0.4 is 4.74 Å². The number of nitro groups is 1. The Bertz CT molecular complexity index is 1080. The maximum absolute atomic E-state index is 10.9. The molecule has 0 amide bonds. The van der Waals surface area contributed by atoms with Crippen molar-refractivity contribution in [2.24, 2.45) is 5.10 Å². The van der Waals surface area contributed by atoms with E-state index in [1.54, 1.807) is 0 Å². The first-order chi connectivity index (χ1) is 13.0. The summed E-state index contributed by atoms with van der Waals surface area (Å²) in [5.74, 6) is 1.17. The number of ether oxygens (including phenoxy) is 1. The van der Waals surface area contributed by atoms with Crippen LogP contribution in [0, 0.1) is 14.9 Å². The number of hydrogen-bond acceptors (Lipinski definition) is 6. The van der Waals surface area contributed by atoms with Gasteiger partial charge in [-0.15, -0.1) is 0 Å². The number of nitrogens with zero attached hydrogens (tertiary/aromatic N) is 4. The fourth-order valence-corrected chi connectivity index (χ4v) is 2.69. The van der Waals surface area contributed by atoms with Crippen LogP contribution in [0.1, 0.15) is 12.5 Å². The summed E-state index contributed by atoms with van der Waals surface area (Å²) in [7, 11) is 0. The molecule has 0 unspecified atom stereocenters. The van der Waals surface area contributed by atoms with Gasteiger partial charge in [0.2, 0.25) is 4.77 Å². The van der Waals surface area contributed by atoms with Gasteiger partial charge in [-0.1, -0.05) is 23.7 Å². The van der Waals surface area contributed by atoms with Crippen molar-refractivity contribution in [3.63, 3.8) is 0 Å². The third kappa shape index (κ3) is 4.21. The van der Waals surface area contributed by atoms with E-state index >= 15 is 0 Å². The van der Waals surface area contributed by atoms with Crippen molar-refractivity contribution in [1.82, 2.24) is 14.9 Å². The number of nitrogens with one attached hydrogen (secondary N) is 1. The Balaban J connectivity index is 2.00. The minimum atomic E-state index is -0.498. The summed E-state index contributed by atoms with van der Waals surface area (Å²) < 4.78 is 7.18. The summed E-state index contributed by atoms with van der Waals surface area (Å²) in [4.78, 5) is 10.4. The van der Waals surface area contributed by atoms with Gasteiger partial charge in [0, 0.05) is 28.3 Å². The second-order valence-corrected chi connectivity index (χ2v) is 6.13. The number of aromatic nitrogens is 3. The number of benzene rings is 2. The smallest absolute Gasteiger partial charge is 0.270 e. The number of rotatable bonds is 6. The lowest BCUT2D eigenvalue weighted by atomic mass is 10.2. The fraction of sp³-hybridized carbons (Fsp3) is 0.118. The molecule has 1 heterocycles. The van der Waals surface area contributed by atoms with Crippen LogP contribution in [0.2, 0.25) is 5.02 Å². The van der Waals surface area contributed by atoms with Gasteiger partial charge in [-0.25, -0.2) is 5.10 Å². The summed E-state index contributed by atoms with van der Waals surface area (Å²) in [5, 5.41) is 22.5. The van der Waals surface area contributed by atoms with E-state index in [1.165, 1.54) is 29.1 Å². The Labute approximate surface area is 164 Å². The molecule has 1 aromatic heterocycles. The van der Waals surface area contributed by atoms with E-state index in [1.807, 2.05) is 31.2 Å². The van der Waals surface area contributed by atoms with Crippen molar-refractivity contribution < 1.29 is 9.66 Å². The maximum Gasteiger partial charge on any atom is 0.270 e. The highest BCUT2D eigenvalue weighted by Crippen LogP contribution is 2.24. The molecule has 0 aliphatic rings.